The molecule has 0 spiro atoms. The van der Waals surface area contributed by atoms with Crippen LogP contribution in [0.2, 0.25) is 0 Å². The molecule has 1 aromatic heterocycles. The molecule has 7 heteroatoms. The highest BCUT2D eigenvalue weighted by atomic mass is 32.1. The summed E-state index contributed by atoms with van der Waals surface area (Å²) in [6.45, 7) is 2.10. The molecular weight excluding hydrogens is 373 g/mol. The smallest absolute Gasteiger partial charge is 0.270 e. The van der Waals surface area contributed by atoms with Gasteiger partial charge in [-0.2, -0.15) is 0 Å². The van der Waals surface area contributed by atoms with Crippen LogP contribution < -0.4 is 4.90 Å². The Morgan fingerprint density at radius 2 is 1.85 bits per heavy atom. The SMILES string of the molecule is Cc1nc(-c2ccc(F)cc2)sc1C(=O)N1CCCc2c(F)cc(F)cc21. The molecule has 0 fully saturated rings. The van der Waals surface area contributed by atoms with Gasteiger partial charge in [0.2, 0.25) is 0 Å². The van der Waals surface area contributed by atoms with Crippen molar-refractivity contribution in [3.05, 3.63) is 70.0 Å². The fraction of sp³-hybridized carbons (Fsp3) is 0.200. The van der Waals surface area contributed by atoms with Crippen LogP contribution in [0, 0.1) is 24.4 Å². The van der Waals surface area contributed by atoms with Gasteiger partial charge < -0.3 is 4.90 Å². The van der Waals surface area contributed by atoms with Gasteiger partial charge in [-0.25, -0.2) is 18.2 Å². The minimum atomic E-state index is -0.709. The predicted octanol–water partition coefficient (Wildman–Crippen LogP) is 5.13. The lowest BCUT2D eigenvalue weighted by Crippen LogP contribution is -2.35. The van der Waals surface area contributed by atoms with Gasteiger partial charge in [-0.15, -0.1) is 11.3 Å². The first-order chi connectivity index (χ1) is 12.9. The lowest BCUT2D eigenvalue weighted by Gasteiger charge is -2.29. The van der Waals surface area contributed by atoms with Crippen LogP contribution in [-0.2, 0) is 6.42 Å². The second-order valence-corrected chi connectivity index (χ2v) is 7.39. The van der Waals surface area contributed by atoms with E-state index in [1.54, 1.807) is 19.1 Å². The van der Waals surface area contributed by atoms with Gasteiger partial charge in [0, 0.05) is 23.7 Å². The Labute approximate surface area is 158 Å². The molecule has 3 aromatic rings. The largest absolute Gasteiger partial charge is 0.307 e. The van der Waals surface area contributed by atoms with E-state index in [0.29, 0.717) is 46.1 Å². The van der Waals surface area contributed by atoms with Crippen LogP contribution in [0.25, 0.3) is 10.6 Å². The van der Waals surface area contributed by atoms with Crippen LogP contribution in [-0.4, -0.2) is 17.4 Å². The average Bonchev–Trinajstić information content (AvgIpc) is 3.03. The lowest BCUT2D eigenvalue weighted by molar-refractivity contribution is 0.0988. The molecule has 27 heavy (non-hydrogen) atoms. The van der Waals surface area contributed by atoms with Crippen molar-refractivity contribution in [2.75, 3.05) is 11.4 Å². The van der Waals surface area contributed by atoms with Gasteiger partial charge >= 0.3 is 0 Å². The fourth-order valence-electron chi connectivity index (χ4n) is 3.26. The molecule has 0 saturated heterocycles. The van der Waals surface area contributed by atoms with Crippen molar-refractivity contribution >= 4 is 22.9 Å². The molecule has 2 heterocycles. The lowest BCUT2D eigenvalue weighted by atomic mass is 10.0. The van der Waals surface area contributed by atoms with E-state index in [1.807, 2.05) is 0 Å². The number of halogens is 3. The Hall–Kier alpha value is -2.67. The zero-order chi connectivity index (χ0) is 19.1. The maximum absolute atomic E-state index is 14.1. The van der Waals surface area contributed by atoms with Gasteiger partial charge in [-0.3, -0.25) is 4.79 Å². The molecule has 1 aliphatic rings. The minimum absolute atomic E-state index is 0.278. The van der Waals surface area contributed by atoms with Crippen LogP contribution in [0.5, 0.6) is 0 Å². The number of hydrogen-bond acceptors (Lipinski definition) is 3. The van der Waals surface area contributed by atoms with Gasteiger partial charge in [0.15, 0.2) is 0 Å². The number of aryl methyl sites for hydroxylation is 1. The number of rotatable bonds is 2. The highest BCUT2D eigenvalue weighted by molar-refractivity contribution is 7.17. The molecule has 0 atom stereocenters. The average molecular weight is 388 g/mol. The van der Waals surface area contributed by atoms with E-state index in [9.17, 15) is 18.0 Å². The second-order valence-electron chi connectivity index (χ2n) is 6.39. The minimum Gasteiger partial charge on any atom is -0.307 e. The molecule has 0 bridgehead atoms. The summed E-state index contributed by atoms with van der Waals surface area (Å²) in [6, 6.07) is 7.91. The van der Waals surface area contributed by atoms with E-state index < -0.39 is 11.6 Å². The molecular formula is C20H15F3N2OS. The first-order valence-electron chi connectivity index (χ1n) is 8.47. The summed E-state index contributed by atoms with van der Waals surface area (Å²) in [4.78, 5) is 19.3. The molecule has 0 N–H and O–H groups in total. The van der Waals surface area contributed by atoms with Crippen molar-refractivity contribution in [2.24, 2.45) is 0 Å². The number of carbonyl (C=O) groups is 1. The summed E-state index contributed by atoms with van der Waals surface area (Å²) in [5.41, 5.74) is 1.88. The molecule has 0 saturated carbocycles. The Kier molecular flexibility index (Phi) is 4.47. The van der Waals surface area contributed by atoms with Gasteiger partial charge in [-0.1, -0.05) is 0 Å². The van der Waals surface area contributed by atoms with E-state index in [0.717, 1.165) is 6.07 Å². The highest BCUT2D eigenvalue weighted by Gasteiger charge is 2.29. The first-order valence-corrected chi connectivity index (χ1v) is 9.29. The number of anilines is 1. The maximum atomic E-state index is 14.1. The third-order valence-corrected chi connectivity index (χ3v) is 5.76. The van der Waals surface area contributed by atoms with Crippen molar-refractivity contribution in [3.8, 4) is 10.6 Å². The van der Waals surface area contributed by atoms with Crippen LogP contribution in [0.1, 0.15) is 27.3 Å². The Bertz CT molecular complexity index is 1030. The van der Waals surface area contributed by atoms with Crippen molar-refractivity contribution in [1.82, 2.24) is 4.98 Å². The molecule has 1 aliphatic heterocycles. The number of benzene rings is 2. The summed E-state index contributed by atoms with van der Waals surface area (Å²) in [5, 5.41) is 0.596. The van der Waals surface area contributed by atoms with Crippen LogP contribution in [0.15, 0.2) is 36.4 Å². The standard InChI is InChI=1S/C20H15F3N2OS/c1-11-18(27-19(24-11)12-4-6-13(21)7-5-12)20(26)25-8-2-3-15-16(23)9-14(22)10-17(15)25/h4-7,9-10H,2-3,8H2,1H3. The molecule has 0 unspecified atom stereocenters. The molecule has 138 valence electrons. The maximum Gasteiger partial charge on any atom is 0.270 e. The van der Waals surface area contributed by atoms with E-state index in [-0.39, 0.29) is 17.4 Å². The van der Waals surface area contributed by atoms with E-state index in [1.165, 1.54) is 34.4 Å². The zero-order valence-electron chi connectivity index (χ0n) is 14.4. The van der Waals surface area contributed by atoms with Gasteiger partial charge in [0.25, 0.3) is 5.91 Å². The molecule has 3 nitrogen and oxygen atoms in total. The van der Waals surface area contributed by atoms with Crippen LogP contribution in [0.4, 0.5) is 18.9 Å². The molecule has 0 aliphatic carbocycles. The summed E-state index contributed by atoms with van der Waals surface area (Å²) in [5.74, 6) is -2.02. The summed E-state index contributed by atoms with van der Waals surface area (Å²) in [7, 11) is 0. The van der Waals surface area contributed by atoms with Crippen LogP contribution in [0.3, 0.4) is 0 Å². The van der Waals surface area contributed by atoms with Crippen molar-refractivity contribution < 1.29 is 18.0 Å². The number of nitrogens with zero attached hydrogens (tertiary/aromatic N) is 2. The third kappa shape index (κ3) is 3.23. The number of fused-ring (bicyclic) bond motifs is 1. The van der Waals surface area contributed by atoms with Gasteiger partial charge in [-0.05, 0) is 50.1 Å². The van der Waals surface area contributed by atoms with Crippen LogP contribution >= 0.6 is 11.3 Å². The molecule has 2 aromatic carbocycles. The highest BCUT2D eigenvalue weighted by Crippen LogP contribution is 2.34. The summed E-state index contributed by atoms with van der Waals surface area (Å²) < 4.78 is 40.9. The normalized spacial score (nSPS) is 13.6. The van der Waals surface area contributed by atoms with Gasteiger partial charge in [0.1, 0.15) is 27.3 Å². The Morgan fingerprint density at radius 1 is 1.11 bits per heavy atom. The predicted molar refractivity (Wildman–Crippen MR) is 98.6 cm³/mol. The number of aromatic nitrogens is 1. The van der Waals surface area contributed by atoms with Gasteiger partial charge in [0.05, 0.1) is 11.4 Å². The Morgan fingerprint density at radius 3 is 2.59 bits per heavy atom. The summed E-state index contributed by atoms with van der Waals surface area (Å²) in [6.07, 6.45) is 1.07. The number of carbonyl (C=O) groups excluding carboxylic acids is 1. The number of hydrogen-bond donors (Lipinski definition) is 0. The van der Waals surface area contributed by atoms with E-state index >= 15 is 0 Å². The third-order valence-electron chi connectivity index (χ3n) is 4.56. The zero-order valence-corrected chi connectivity index (χ0v) is 15.2. The number of amides is 1. The molecule has 4 rings (SSSR count). The van der Waals surface area contributed by atoms with Crippen molar-refractivity contribution in [3.63, 3.8) is 0 Å². The summed E-state index contributed by atoms with van der Waals surface area (Å²) >= 11 is 1.19. The van der Waals surface area contributed by atoms with Crippen molar-refractivity contribution in [1.29, 1.82) is 0 Å². The second kappa shape index (κ2) is 6.81. The quantitative estimate of drug-likeness (QED) is 0.610. The van der Waals surface area contributed by atoms with E-state index in [2.05, 4.69) is 4.98 Å². The fourth-order valence-corrected chi connectivity index (χ4v) is 4.28. The monoisotopic (exact) mass is 388 g/mol. The molecule has 0 radical (unpaired) electrons. The van der Waals surface area contributed by atoms with E-state index in [4.69, 9.17) is 0 Å². The van der Waals surface area contributed by atoms with Crippen molar-refractivity contribution in [2.45, 2.75) is 19.8 Å². The Balaban J connectivity index is 1.72. The first kappa shape index (κ1) is 17.7. The molecule has 1 amide bonds. The topological polar surface area (TPSA) is 33.2 Å². The number of thiazole rings is 1.